The van der Waals surface area contributed by atoms with E-state index in [1.165, 1.54) is 0 Å². The van der Waals surface area contributed by atoms with Gasteiger partial charge in [0, 0.05) is 18.8 Å². The number of ether oxygens (including phenoxy) is 2. The highest BCUT2D eigenvalue weighted by Gasteiger charge is 2.15. The molecule has 2 N–H and O–H groups in total. The smallest absolute Gasteiger partial charge is 0.338 e. The Balaban J connectivity index is 1.93. The molecule has 1 fully saturated rings. The van der Waals surface area contributed by atoms with Crippen molar-refractivity contribution in [1.82, 2.24) is 5.32 Å². The first kappa shape index (κ1) is 16.7. The van der Waals surface area contributed by atoms with Gasteiger partial charge in [-0.05, 0) is 56.6 Å². The molecular formula is C16H22N2O3S. The lowest BCUT2D eigenvalue weighted by atomic mass is 10.1. The molecule has 1 aromatic rings. The molecule has 1 aromatic carbocycles. The summed E-state index contributed by atoms with van der Waals surface area (Å²) in [5.74, 6) is -0.330. The normalized spacial score (nSPS) is 17.1. The molecule has 0 aliphatic carbocycles. The summed E-state index contributed by atoms with van der Waals surface area (Å²) in [6, 6.07) is 5.38. The molecule has 0 aromatic heterocycles. The lowest BCUT2D eigenvalue weighted by Gasteiger charge is -2.15. The topological polar surface area (TPSA) is 59.6 Å². The fourth-order valence-electron chi connectivity index (χ4n) is 2.28. The molecule has 2 rings (SSSR count). The number of thiocarbonyl (C=S) groups is 1. The molecule has 0 bridgehead atoms. The standard InChI is InChI=1S/C16H22N2O3S/c1-3-20-15(19)12-7-6-11(2)14(9-12)18-16(22)17-10-13-5-4-8-21-13/h6-7,9,13H,3-5,8,10H2,1-2H3,(H2,17,18,22)/t13-/m1/s1. The molecule has 0 radical (unpaired) electrons. The quantitative estimate of drug-likeness (QED) is 0.642. The lowest BCUT2D eigenvalue weighted by Crippen LogP contribution is -2.35. The summed E-state index contributed by atoms with van der Waals surface area (Å²) >= 11 is 5.30. The van der Waals surface area contributed by atoms with Crippen LogP contribution in [0.4, 0.5) is 5.69 Å². The number of hydrogen-bond donors (Lipinski definition) is 2. The SMILES string of the molecule is CCOC(=O)c1ccc(C)c(NC(=S)NC[C@H]2CCCO2)c1. The molecule has 1 atom stereocenters. The fraction of sp³-hybridized carbons (Fsp3) is 0.500. The summed E-state index contributed by atoms with van der Waals surface area (Å²) in [6.45, 7) is 5.63. The number of rotatable bonds is 5. The summed E-state index contributed by atoms with van der Waals surface area (Å²) < 4.78 is 10.6. The molecule has 0 spiro atoms. The summed E-state index contributed by atoms with van der Waals surface area (Å²) in [7, 11) is 0. The van der Waals surface area contributed by atoms with Gasteiger partial charge in [-0.3, -0.25) is 0 Å². The van der Waals surface area contributed by atoms with Crippen LogP contribution in [0.25, 0.3) is 0 Å². The van der Waals surface area contributed by atoms with Crippen molar-refractivity contribution in [1.29, 1.82) is 0 Å². The van der Waals surface area contributed by atoms with E-state index in [2.05, 4.69) is 10.6 Å². The summed E-state index contributed by atoms with van der Waals surface area (Å²) in [4.78, 5) is 11.8. The second-order valence-electron chi connectivity index (χ2n) is 5.22. The average molecular weight is 322 g/mol. The van der Waals surface area contributed by atoms with Crippen LogP contribution in [-0.4, -0.2) is 36.9 Å². The maximum absolute atomic E-state index is 11.8. The minimum atomic E-state index is -0.330. The van der Waals surface area contributed by atoms with Crippen molar-refractivity contribution >= 4 is 29.0 Å². The molecule has 120 valence electrons. The van der Waals surface area contributed by atoms with Crippen LogP contribution in [0.15, 0.2) is 18.2 Å². The maximum atomic E-state index is 11.8. The van der Waals surface area contributed by atoms with Crippen LogP contribution in [0.2, 0.25) is 0 Å². The minimum Gasteiger partial charge on any atom is -0.462 e. The number of hydrogen-bond acceptors (Lipinski definition) is 4. The zero-order chi connectivity index (χ0) is 15.9. The highest BCUT2D eigenvalue weighted by molar-refractivity contribution is 7.80. The molecule has 1 heterocycles. The summed E-state index contributed by atoms with van der Waals surface area (Å²) in [6.07, 6.45) is 2.40. The number of nitrogens with one attached hydrogen (secondary N) is 2. The zero-order valence-corrected chi connectivity index (χ0v) is 13.8. The lowest BCUT2D eigenvalue weighted by molar-refractivity contribution is 0.0526. The summed E-state index contributed by atoms with van der Waals surface area (Å²) in [5.41, 5.74) is 2.32. The number of carbonyl (C=O) groups excluding carboxylic acids is 1. The average Bonchev–Trinajstić information content (AvgIpc) is 3.01. The number of benzene rings is 1. The Morgan fingerprint density at radius 1 is 1.50 bits per heavy atom. The highest BCUT2D eigenvalue weighted by atomic mass is 32.1. The second-order valence-corrected chi connectivity index (χ2v) is 5.63. The van der Waals surface area contributed by atoms with E-state index in [1.54, 1.807) is 19.1 Å². The van der Waals surface area contributed by atoms with Crippen molar-refractivity contribution in [3.8, 4) is 0 Å². The van der Waals surface area contributed by atoms with E-state index >= 15 is 0 Å². The predicted molar refractivity (Wildman–Crippen MR) is 90.3 cm³/mol. The van der Waals surface area contributed by atoms with Gasteiger partial charge in [-0.1, -0.05) is 6.07 Å². The molecule has 0 unspecified atom stereocenters. The molecule has 0 saturated carbocycles. The van der Waals surface area contributed by atoms with Crippen LogP contribution in [-0.2, 0) is 9.47 Å². The molecule has 1 aliphatic heterocycles. The van der Waals surface area contributed by atoms with Crippen molar-refractivity contribution in [2.75, 3.05) is 25.1 Å². The van der Waals surface area contributed by atoms with Gasteiger partial charge in [0.2, 0.25) is 0 Å². The number of carbonyl (C=O) groups is 1. The van der Waals surface area contributed by atoms with E-state index in [1.807, 2.05) is 13.0 Å². The van der Waals surface area contributed by atoms with Gasteiger partial charge in [0.1, 0.15) is 0 Å². The Labute approximate surface area is 136 Å². The van der Waals surface area contributed by atoms with Gasteiger partial charge >= 0.3 is 5.97 Å². The third-order valence-electron chi connectivity index (χ3n) is 3.51. The van der Waals surface area contributed by atoms with Crippen LogP contribution in [0.1, 0.15) is 35.7 Å². The van der Waals surface area contributed by atoms with E-state index in [0.717, 1.165) is 30.7 Å². The monoisotopic (exact) mass is 322 g/mol. The van der Waals surface area contributed by atoms with Crippen LogP contribution in [0, 0.1) is 6.92 Å². The van der Waals surface area contributed by atoms with E-state index in [0.29, 0.717) is 23.8 Å². The second kappa shape index (κ2) is 8.10. The number of aryl methyl sites for hydroxylation is 1. The highest BCUT2D eigenvalue weighted by Crippen LogP contribution is 2.18. The molecule has 6 heteroatoms. The van der Waals surface area contributed by atoms with Gasteiger partial charge in [0.05, 0.1) is 18.3 Å². The first-order chi connectivity index (χ1) is 10.6. The zero-order valence-electron chi connectivity index (χ0n) is 13.0. The predicted octanol–water partition coefficient (Wildman–Crippen LogP) is 2.64. The Hall–Kier alpha value is -1.66. The third kappa shape index (κ3) is 4.68. The van der Waals surface area contributed by atoms with E-state index in [-0.39, 0.29) is 12.1 Å². The van der Waals surface area contributed by atoms with Crippen molar-refractivity contribution in [2.45, 2.75) is 32.8 Å². The van der Waals surface area contributed by atoms with E-state index in [4.69, 9.17) is 21.7 Å². The number of anilines is 1. The van der Waals surface area contributed by atoms with Gasteiger partial charge in [0.25, 0.3) is 0 Å². The molecule has 22 heavy (non-hydrogen) atoms. The molecule has 0 amide bonds. The fourth-order valence-corrected chi connectivity index (χ4v) is 2.47. The van der Waals surface area contributed by atoms with Gasteiger partial charge < -0.3 is 20.1 Å². The van der Waals surface area contributed by atoms with Gasteiger partial charge in [-0.15, -0.1) is 0 Å². The van der Waals surface area contributed by atoms with Crippen molar-refractivity contribution in [3.05, 3.63) is 29.3 Å². The molecule has 5 nitrogen and oxygen atoms in total. The van der Waals surface area contributed by atoms with Crippen molar-refractivity contribution in [3.63, 3.8) is 0 Å². The van der Waals surface area contributed by atoms with Gasteiger partial charge in [-0.2, -0.15) is 0 Å². The Morgan fingerprint density at radius 2 is 2.32 bits per heavy atom. The molecule has 1 aliphatic rings. The maximum Gasteiger partial charge on any atom is 0.338 e. The van der Waals surface area contributed by atoms with Gasteiger partial charge in [0.15, 0.2) is 5.11 Å². The van der Waals surface area contributed by atoms with Crippen molar-refractivity contribution in [2.24, 2.45) is 0 Å². The van der Waals surface area contributed by atoms with Crippen LogP contribution in [0.5, 0.6) is 0 Å². The van der Waals surface area contributed by atoms with Gasteiger partial charge in [-0.25, -0.2) is 4.79 Å². The first-order valence-electron chi connectivity index (χ1n) is 7.54. The third-order valence-corrected chi connectivity index (χ3v) is 3.76. The molecule has 1 saturated heterocycles. The van der Waals surface area contributed by atoms with E-state index < -0.39 is 0 Å². The van der Waals surface area contributed by atoms with Crippen molar-refractivity contribution < 1.29 is 14.3 Å². The van der Waals surface area contributed by atoms with E-state index in [9.17, 15) is 4.79 Å². The number of esters is 1. The van der Waals surface area contributed by atoms with Crippen LogP contribution >= 0.6 is 12.2 Å². The Morgan fingerprint density at radius 3 is 3.00 bits per heavy atom. The summed E-state index contributed by atoms with van der Waals surface area (Å²) in [5, 5.41) is 6.81. The first-order valence-corrected chi connectivity index (χ1v) is 7.95. The minimum absolute atomic E-state index is 0.228. The molecular weight excluding hydrogens is 300 g/mol. The Kier molecular flexibility index (Phi) is 6.15. The van der Waals surface area contributed by atoms with Crippen LogP contribution in [0.3, 0.4) is 0 Å². The van der Waals surface area contributed by atoms with Crippen LogP contribution < -0.4 is 10.6 Å². The Bertz CT molecular complexity index is 542. The largest absolute Gasteiger partial charge is 0.462 e.